The number of urea groups is 1. The minimum Gasteiger partial charge on any atom is -0.361 e. The molecular formula is C21H24N4O. The first kappa shape index (κ1) is 16.7. The predicted molar refractivity (Wildman–Crippen MR) is 107 cm³/mol. The standard InChI is InChI=1S/C21H24N4O/c1-25-11-9-15(10-12-25)19-14-22-20-8-7-17(13-18(19)20)24-21(26)23-16-5-3-2-4-6-16/h2-8,13-15,22H,9-12H2,1H3,(H2,23,24,26). The minimum absolute atomic E-state index is 0.230. The van der Waals surface area contributed by atoms with Crippen molar-refractivity contribution >= 4 is 28.3 Å². The number of likely N-dealkylation sites (tertiary alicyclic amines) is 1. The third-order valence-corrected chi connectivity index (χ3v) is 5.16. The average Bonchev–Trinajstić information content (AvgIpc) is 3.06. The van der Waals surface area contributed by atoms with Crippen LogP contribution in [0.3, 0.4) is 0 Å². The van der Waals surface area contributed by atoms with Gasteiger partial charge in [0, 0.05) is 28.5 Å². The molecule has 1 fully saturated rings. The molecule has 3 aromatic rings. The molecule has 1 aliphatic rings. The third-order valence-electron chi connectivity index (χ3n) is 5.16. The molecule has 5 nitrogen and oxygen atoms in total. The smallest absolute Gasteiger partial charge is 0.323 e. The number of rotatable bonds is 3. The second kappa shape index (κ2) is 7.22. The van der Waals surface area contributed by atoms with E-state index in [0.29, 0.717) is 5.92 Å². The Kier molecular flexibility index (Phi) is 4.63. The molecule has 1 aliphatic heterocycles. The number of carbonyl (C=O) groups excluding carboxylic acids is 1. The first-order valence-corrected chi connectivity index (χ1v) is 9.12. The van der Waals surface area contributed by atoms with Crippen molar-refractivity contribution in [3.63, 3.8) is 0 Å². The highest BCUT2D eigenvalue weighted by Gasteiger charge is 2.21. The number of nitrogens with zero attached hydrogens (tertiary/aromatic N) is 1. The van der Waals surface area contributed by atoms with E-state index in [4.69, 9.17) is 0 Å². The molecule has 0 unspecified atom stereocenters. The summed E-state index contributed by atoms with van der Waals surface area (Å²) in [6.07, 6.45) is 4.49. The van der Waals surface area contributed by atoms with Gasteiger partial charge < -0.3 is 20.5 Å². The van der Waals surface area contributed by atoms with Gasteiger partial charge in [-0.3, -0.25) is 0 Å². The molecule has 1 aromatic heterocycles. The van der Waals surface area contributed by atoms with Crippen LogP contribution in [0.25, 0.3) is 10.9 Å². The van der Waals surface area contributed by atoms with Gasteiger partial charge in [-0.2, -0.15) is 0 Å². The number of piperidine rings is 1. The molecule has 0 radical (unpaired) electrons. The van der Waals surface area contributed by atoms with E-state index in [9.17, 15) is 4.79 Å². The number of benzene rings is 2. The summed E-state index contributed by atoms with van der Waals surface area (Å²) in [4.78, 5) is 18.0. The fourth-order valence-electron chi connectivity index (χ4n) is 3.69. The van der Waals surface area contributed by atoms with Gasteiger partial charge in [0.25, 0.3) is 0 Å². The van der Waals surface area contributed by atoms with Crippen LogP contribution >= 0.6 is 0 Å². The first-order valence-electron chi connectivity index (χ1n) is 9.12. The maximum Gasteiger partial charge on any atom is 0.323 e. The number of hydrogen-bond acceptors (Lipinski definition) is 2. The fraction of sp³-hybridized carbons (Fsp3) is 0.286. The molecule has 2 heterocycles. The maximum absolute atomic E-state index is 12.2. The highest BCUT2D eigenvalue weighted by molar-refractivity contribution is 6.01. The molecule has 5 heteroatoms. The van der Waals surface area contributed by atoms with Gasteiger partial charge in [-0.25, -0.2) is 4.79 Å². The van der Waals surface area contributed by atoms with Gasteiger partial charge in [0.15, 0.2) is 0 Å². The summed E-state index contributed by atoms with van der Waals surface area (Å²) in [6, 6.07) is 15.3. The van der Waals surface area contributed by atoms with Crippen molar-refractivity contribution < 1.29 is 4.79 Å². The molecule has 4 rings (SSSR count). The van der Waals surface area contributed by atoms with Crippen LogP contribution < -0.4 is 10.6 Å². The lowest BCUT2D eigenvalue weighted by Gasteiger charge is -2.28. The normalized spacial score (nSPS) is 15.9. The fourth-order valence-corrected chi connectivity index (χ4v) is 3.69. The molecule has 0 aliphatic carbocycles. The van der Waals surface area contributed by atoms with Gasteiger partial charge in [-0.15, -0.1) is 0 Å². The van der Waals surface area contributed by atoms with Gasteiger partial charge in [0.1, 0.15) is 0 Å². The van der Waals surface area contributed by atoms with E-state index < -0.39 is 0 Å². The molecular weight excluding hydrogens is 324 g/mol. The van der Waals surface area contributed by atoms with E-state index in [1.807, 2.05) is 42.5 Å². The number of aromatic amines is 1. The van der Waals surface area contributed by atoms with Crippen molar-refractivity contribution in [2.45, 2.75) is 18.8 Å². The zero-order chi connectivity index (χ0) is 17.9. The highest BCUT2D eigenvalue weighted by atomic mass is 16.2. The second-order valence-electron chi connectivity index (χ2n) is 7.03. The molecule has 0 bridgehead atoms. The van der Waals surface area contributed by atoms with Crippen LogP contribution in [0.1, 0.15) is 24.3 Å². The Balaban J connectivity index is 1.51. The van der Waals surface area contributed by atoms with Crippen molar-refractivity contribution in [1.82, 2.24) is 9.88 Å². The quantitative estimate of drug-likeness (QED) is 0.647. The SMILES string of the molecule is CN1CCC(c2c[nH]c3ccc(NC(=O)Nc4ccccc4)cc23)CC1. The van der Waals surface area contributed by atoms with E-state index in [-0.39, 0.29) is 6.03 Å². The van der Waals surface area contributed by atoms with Gasteiger partial charge in [0.05, 0.1) is 0 Å². The van der Waals surface area contributed by atoms with Crippen LogP contribution in [0.15, 0.2) is 54.7 Å². The Morgan fingerprint density at radius 2 is 1.77 bits per heavy atom. The van der Waals surface area contributed by atoms with E-state index in [1.165, 1.54) is 23.8 Å². The van der Waals surface area contributed by atoms with Crippen molar-refractivity contribution in [1.29, 1.82) is 0 Å². The monoisotopic (exact) mass is 348 g/mol. The molecule has 134 valence electrons. The summed E-state index contributed by atoms with van der Waals surface area (Å²) in [6.45, 7) is 2.27. The molecule has 0 saturated carbocycles. The minimum atomic E-state index is -0.230. The molecule has 1 saturated heterocycles. The summed E-state index contributed by atoms with van der Waals surface area (Å²) in [7, 11) is 2.18. The number of anilines is 2. The second-order valence-corrected chi connectivity index (χ2v) is 7.03. The van der Waals surface area contributed by atoms with Crippen molar-refractivity contribution in [3.8, 4) is 0 Å². The zero-order valence-corrected chi connectivity index (χ0v) is 15.0. The topological polar surface area (TPSA) is 60.2 Å². The average molecular weight is 348 g/mol. The number of hydrogen-bond donors (Lipinski definition) is 3. The van der Waals surface area contributed by atoms with Crippen molar-refractivity contribution in [3.05, 3.63) is 60.3 Å². The van der Waals surface area contributed by atoms with Crippen molar-refractivity contribution in [2.24, 2.45) is 0 Å². The number of para-hydroxylation sites is 1. The van der Waals surface area contributed by atoms with E-state index >= 15 is 0 Å². The third kappa shape index (κ3) is 3.58. The van der Waals surface area contributed by atoms with Crippen LogP contribution in [-0.2, 0) is 0 Å². The lowest BCUT2D eigenvalue weighted by molar-refractivity contribution is 0.256. The van der Waals surface area contributed by atoms with Crippen LogP contribution in [-0.4, -0.2) is 36.1 Å². The Hall–Kier alpha value is -2.79. The summed E-state index contributed by atoms with van der Waals surface area (Å²) in [5.74, 6) is 0.577. The largest absolute Gasteiger partial charge is 0.361 e. The van der Waals surface area contributed by atoms with Crippen LogP contribution in [0, 0.1) is 0 Å². The van der Waals surface area contributed by atoms with Gasteiger partial charge in [-0.05, 0) is 74.8 Å². The molecule has 2 amide bonds. The van der Waals surface area contributed by atoms with Crippen molar-refractivity contribution in [2.75, 3.05) is 30.8 Å². The van der Waals surface area contributed by atoms with Crippen LogP contribution in [0.4, 0.5) is 16.2 Å². The summed E-state index contributed by atoms with van der Waals surface area (Å²) >= 11 is 0. The number of fused-ring (bicyclic) bond motifs is 1. The van der Waals surface area contributed by atoms with Crippen LogP contribution in [0.5, 0.6) is 0 Å². The van der Waals surface area contributed by atoms with Gasteiger partial charge in [-0.1, -0.05) is 18.2 Å². The highest BCUT2D eigenvalue weighted by Crippen LogP contribution is 2.34. The molecule has 0 atom stereocenters. The van der Waals surface area contributed by atoms with E-state index in [1.54, 1.807) is 0 Å². The Morgan fingerprint density at radius 3 is 2.54 bits per heavy atom. The maximum atomic E-state index is 12.2. The van der Waals surface area contributed by atoms with Gasteiger partial charge in [0.2, 0.25) is 0 Å². The predicted octanol–water partition coefficient (Wildman–Crippen LogP) is 4.62. The molecule has 2 aromatic carbocycles. The first-order chi connectivity index (χ1) is 12.7. The summed E-state index contributed by atoms with van der Waals surface area (Å²) in [5, 5.41) is 6.99. The Morgan fingerprint density at radius 1 is 1.04 bits per heavy atom. The summed E-state index contributed by atoms with van der Waals surface area (Å²) < 4.78 is 0. The number of amides is 2. The number of carbonyl (C=O) groups is 1. The number of H-pyrrole nitrogens is 1. The number of nitrogens with one attached hydrogen (secondary N) is 3. The van der Waals surface area contributed by atoms with Crippen LogP contribution in [0.2, 0.25) is 0 Å². The summed E-state index contributed by atoms with van der Waals surface area (Å²) in [5.41, 5.74) is 4.06. The Labute approximate surface area is 153 Å². The lowest BCUT2D eigenvalue weighted by Crippen LogP contribution is -2.29. The molecule has 0 spiro atoms. The van der Waals surface area contributed by atoms with E-state index in [2.05, 4.69) is 39.8 Å². The number of aromatic nitrogens is 1. The lowest BCUT2D eigenvalue weighted by atomic mass is 9.89. The Bertz CT molecular complexity index is 895. The molecule has 26 heavy (non-hydrogen) atoms. The molecule has 3 N–H and O–H groups in total. The van der Waals surface area contributed by atoms with Gasteiger partial charge >= 0.3 is 6.03 Å². The van der Waals surface area contributed by atoms with E-state index in [0.717, 1.165) is 30.0 Å². The zero-order valence-electron chi connectivity index (χ0n) is 15.0.